The topological polar surface area (TPSA) is 61.9 Å². The van der Waals surface area contributed by atoms with Crippen LogP contribution >= 0.6 is 11.6 Å². The number of aryl methyl sites for hydroxylation is 1. The molecular weight excluding hydrogens is 312 g/mol. The van der Waals surface area contributed by atoms with Crippen LogP contribution in [0.5, 0.6) is 0 Å². The summed E-state index contributed by atoms with van der Waals surface area (Å²) in [6.45, 7) is 6.01. The van der Waals surface area contributed by atoms with Gasteiger partial charge >= 0.3 is 0 Å². The van der Waals surface area contributed by atoms with Crippen molar-refractivity contribution in [3.63, 3.8) is 0 Å². The predicted molar refractivity (Wildman–Crippen MR) is 89.3 cm³/mol. The lowest BCUT2D eigenvalue weighted by Gasteiger charge is -2.25. The number of carbonyl (C=O) groups is 1. The van der Waals surface area contributed by atoms with Gasteiger partial charge in [-0.2, -0.15) is 0 Å². The molecule has 1 saturated heterocycles. The molecule has 122 valence electrons. The number of hydrogen-bond acceptors (Lipinski definition) is 3. The number of benzene rings is 1. The minimum atomic E-state index is 0.0760. The Morgan fingerprint density at radius 2 is 2.13 bits per heavy atom. The lowest BCUT2D eigenvalue weighted by Crippen LogP contribution is -2.30. The Hall–Kier alpha value is -1.88. The number of likely N-dealkylation sites (tertiary alicyclic amines) is 1. The maximum absolute atomic E-state index is 12.5. The Bertz CT molecular complexity index is 683. The SMILES string of the molecule is CC1(C)CN(C(=O)CCc2nc(Cl)n[nH]2)CC1c1ccccc1. The van der Waals surface area contributed by atoms with E-state index >= 15 is 0 Å². The maximum atomic E-state index is 12.5. The van der Waals surface area contributed by atoms with E-state index in [9.17, 15) is 4.79 Å². The van der Waals surface area contributed by atoms with Crippen LogP contribution in [-0.4, -0.2) is 39.1 Å². The summed E-state index contributed by atoms with van der Waals surface area (Å²) in [5.74, 6) is 1.18. The van der Waals surface area contributed by atoms with Crippen molar-refractivity contribution in [1.29, 1.82) is 0 Å². The Morgan fingerprint density at radius 1 is 1.39 bits per heavy atom. The first-order valence-electron chi connectivity index (χ1n) is 7.85. The Labute approximate surface area is 141 Å². The first kappa shape index (κ1) is 16.0. The number of aromatic nitrogens is 3. The fraction of sp³-hybridized carbons (Fsp3) is 0.471. The van der Waals surface area contributed by atoms with Crippen LogP contribution in [0, 0.1) is 5.41 Å². The van der Waals surface area contributed by atoms with Gasteiger partial charge in [-0.3, -0.25) is 9.89 Å². The molecule has 2 heterocycles. The van der Waals surface area contributed by atoms with E-state index in [-0.39, 0.29) is 16.6 Å². The number of hydrogen-bond donors (Lipinski definition) is 1. The molecule has 1 N–H and O–H groups in total. The lowest BCUT2D eigenvalue weighted by molar-refractivity contribution is -0.130. The number of nitrogens with one attached hydrogen (secondary N) is 1. The van der Waals surface area contributed by atoms with Crippen LogP contribution in [0.3, 0.4) is 0 Å². The minimum absolute atomic E-state index is 0.0760. The van der Waals surface area contributed by atoms with Gasteiger partial charge in [-0.15, -0.1) is 5.10 Å². The van der Waals surface area contributed by atoms with Crippen molar-refractivity contribution in [3.05, 3.63) is 47.0 Å². The molecule has 1 aliphatic heterocycles. The van der Waals surface area contributed by atoms with Crippen LogP contribution in [0.25, 0.3) is 0 Å². The van der Waals surface area contributed by atoms with E-state index in [1.54, 1.807) is 0 Å². The fourth-order valence-corrected chi connectivity index (χ4v) is 3.48. The number of rotatable bonds is 4. The zero-order valence-electron chi connectivity index (χ0n) is 13.4. The smallest absolute Gasteiger partial charge is 0.242 e. The van der Waals surface area contributed by atoms with E-state index in [1.165, 1.54) is 5.56 Å². The molecule has 0 spiro atoms. The molecule has 3 rings (SSSR count). The summed E-state index contributed by atoms with van der Waals surface area (Å²) in [6.07, 6.45) is 0.953. The number of halogens is 1. The fourth-order valence-electron chi connectivity index (χ4n) is 3.33. The van der Waals surface area contributed by atoms with Crippen molar-refractivity contribution >= 4 is 17.5 Å². The van der Waals surface area contributed by atoms with E-state index in [1.807, 2.05) is 11.0 Å². The van der Waals surface area contributed by atoms with E-state index < -0.39 is 0 Å². The molecule has 0 saturated carbocycles. The Balaban J connectivity index is 1.64. The Morgan fingerprint density at radius 3 is 2.78 bits per heavy atom. The second kappa shape index (κ2) is 6.32. The molecule has 1 amide bonds. The summed E-state index contributed by atoms with van der Waals surface area (Å²) in [7, 11) is 0. The molecule has 5 nitrogen and oxygen atoms in total. The number of amides is 1. The average molecular weight is 333 g/mol. The summed E-state index contributed by atoms with van der Waals surface area (Å²) in [5.41, 5.74) is 1.38. The van der Waals surface area contributed by atoms with E-state index in [2.05, 4.69) is 53.3 Å². The van der Waals surface area contributed by atoms with Crippen LogP contribution < -0.4 is 0 Å². The molecule has 23 heavy (non-hydrogen) atoms. The van der Waals surface area contributed by atoms with Crippen molar-refractivity contribution in [3.8, 4) is 0 Å². The van der Waals surface area contributed by atoms with Crippen LogP contribution in [0.2, 0.25) is 5.28 Å². The third kappa shape index (κ3) is 3.55. The van der Waals surface area contributed by atoms with Crippen molar-refractivity contribution in [2.24, 2.45) is 5.41 Å². The van der Waals surface area contributed by atoms with Crippen LogP contribution in [0.15, 0.2) is 30.3 Å². The van der Waals surface area contributed by atoms with Gasteiger partial charge in [-0.05, 0) is 22.6 Å². The minimum Gasteiger partial charge on any atom is -0.341 e. The summed E-state index contributed by atoms with van der Waals surface area (Å²) in [4.78, 5) is 18.5. The van der Waals surface area contributed by atoms with Gasteiger partial charge in [0.25, 0.3) is 0 Å². The Kier molecular flexibility index (Phi) is 4.39. The summed E-state index contributed by atoms with van der Waals surface area (Å²) in [5, 5.41) is 6.70. The van der Waals surface area contributed by atoms with Crippen LogP contribution in [0.1, 0.15) is 37.6 Å². The standard InChI is InChI=1S/C17H21ClN4O/c1-17(2)11-22(10-13(17)12-6-4-3-5-7-12)15(23)9-8-14-19-16(18)21-20-14/h3-7,13H,8-11H2,1-2H3,(H,19,20,21). The number of H-pyrrole nitrogens is 1. The zero-order chi connectivity index (χ0) is 16.4. The van der Waals surface area contributed by atoms with Crippen molar-refractivity contribution < 1.29 is 4.79 Å². The highest BCUT2D eigenvalue weighted by Gasteiger charge is 2.41. The van der Waals surface area contributed by atoms with Crippen molar-refractivity contribution in [2.75, 3.05) is 13.1 Å². The second-order valence-corrected chi connectivity index (χ2v) is 7.12. The molecule has 0 radical (unpaired) electrons. The summed E-state index contributed by atoms with van der Waals surface area (Å²) in [6, 6.07) is 10.4. The molecule has 1 aromatic carbocycles. The highest BCUT2D eigenvalue weighted by Crippen LogP contribution is 2.42. The highest BCUT2D eigenvalue weighted by atomic mass is 35.5. The van der Waals surface area contributed by atoms with Gasteiger partial charge in [-0.25, -0.2) is 4.98 Å². The van der Waals surface area contributed by atoms with Gasteiger partial charge < -0.3 is 4.90 Å². The summed E-state index contributed by atoms with van der Waals surface area (Å²) < 4.78 is 0. The third-order valence-corrected chi connectivity index (χ3v) is 4.75. The molecule has 1 fully saturated rings. The quantitative estimate of drug-likeness (QED) is 0.936. The molecule has 0 aliphatic carbocycles. The molecular formula is C17H21ClN4O. The molecule has 1 atom stereocenters. The molecule has 1 aromatic heterocycles. The van der Waals surface area contributed by atoms with Gasteiger partial charge in [-0.1, -0.05) is 44.2 Å². The van der Waals surface area contributed by atoms with Gasteiger partial charge in [0.1, 0.15) is 5.82 Å². The molecule has 1 unspecified atom stereocenters. The van der Waals surface area contributed by atoms with Crippen LogP contribution in [-0.2, 0) is 11.2 Å². The van der Waals surface area contributed by atoms with E-state index in [0.29, 0.717) is 24.6 Å². The predicted octanol–water partition coefficient (Wildman–Crippen LogP) is 3.04. The van der Waals surface area contributed by atoms with Gasteiger partial charge in [0.15, 0.2) is 0 Å². The largest absolute Gasteiger partial charge is 0.341 e. The van der Waals surface area contributed by atoms with Gasteiger partial charge in [0, 0.05) is 31.8 Å². The first-order chi connectivity index (χ1) is 11.0. The van der Waals surface area contributed by atoms with Crippen molar-refractivity contribution in [2.45, 2.75) is 32.6 Å². The monoisotopic (exact) mass is 332 g/mol. The number of nitrogens with zero attached hydrogens (tertiary/aromatic N) is 3. The van der Waals surface area contributed by atoms with E-state index in [0.717, 1.165) is 13.1 Å². The van der Waals surface area contributed by atoms with Gasteiger partial charge in [0.05, 0.1) is 0 Å². The number of aromatic amines is 1. The van der Waals surface area contributed by atoms with Crippen LogP contribution in [0.4, 0.5) is 0 Å². The summed E-state index contributed by atoms with van der Waals surface area (Å²) >= 11 is 5.68. The molecule has 0 bridgehead atoms. The first-order valence-corrected chi connectivity index (χ1v) is 8.23. The normalized spacial score (nSPS) is 20.0. The maximum Gasteiger partial charge on any atom is 0.242 e. The average Bonchev–Trinajstić information content (AvgIpc) is 3.08. The number of carbonyl (C=O) groups excluding carboxylic acids is 1. The second-order valence-electron chi connectivity index (χ2n) is 6.78. The molecule has 1 aliphatic rings. The van der Waals surface area contributed by atoms with E-state index in [4.69, 9.17) is 11.6 Å². The van der Waals surface area contributed by atoms with Crippen molar-refractivity contribution in [1.82, 2.24) is 20.1 Å². The highest BCUT2D eigenvalue weighted by molar-refractivity contribution is 6.28. The lowest BCUT2D eigenvalue weighted by atomic mass is 9.78. The molecule has 6 heteroatoms. The zero-order valence-corrected chi connectivity index (χ0v) is 14.2. The van der Waals surface area contributed by atoms with Gasteiger partial charge in [0.2, 0.25) is 11.2 Å². The third-order valence-electron chi connectivity index (χ3n) is 4.58. The molecule has 2 aromatic rings.